The topological polar surface area (TPSA) is 66.3 Å². The molecule has 0 atom stereocenters. The summed E-state index contributed by atoms with van der Waals surface area (Å²) in [6, 6.07) is 3.23. The molecule has 1 aromatic carbocycles. The van der Waals surface area contributed by atoms with Crippen LogP contribution >= 0.6 is 0 Å². The van der Waals surface area contributed by atoms with E-state index in [1.807, 2.05) is 6.92 Å². The van der Waals surface area contributed by atoms with Crippen molar-refractivity contribution in [2.45, 2.75) is 13.8 Å². The van der Waals surface area contributed by atoms with E-state index in [9.17, 15) is 4.91 Å². The normalized spacial score (nSPS) is 9.83. The molecule has 0 heterocycles. The monoisotopic (exact) mass is 167 g/mol. The van der Waals surface area contributed by atoms with Gasteiger partial charge < -0.3 is 5.73 Å². The molecule has 1 aromatic rings. The Balaban J connectivity index is 3.36. The van der Waals surface area contributed by atoms with Crippen molar-refractivity contribution in [2.24, 2.45) is 0 Å². The fourth-order valence-electron chi connectivity index (χ4n) is 1.06. The van der Waals surface area contributed by atoms with Crippen LogP contribution in [0.3, 0.4) is 0 Å². The van der Waals surface area contributed by atoms with Crippen LogP contribution in [0.15, 0.2) is 12.1 Å². The molecule has 0 aliphatic rings. The molecule has 0 saturated heterocycles. The van der Waals surface area contributed by atoms with E-state index in [-0.39, 0.29) is 10.6 Å². The van der Waals surface area contributed by atoms with Crippen LogP contribution in [0.5, 0.6) is 0 Å². The first-order valence-electron chi connectivity index (χ1n) is 3.56. The molecule has 3 N–H and O–H groups in total. The molecule has 0 fully saturated rings. The predicted molar refractivity (Wildman–Crippen MR) is 45.4 cm³/mol. The first kappa shape index (κ1) is 8.52. The van der Waals surface area contributed by atoms with Crippen LogP contribution < -0.4 is 5.73 Å². The van der Waals surface area contributed by atoms with Gasteiger partial charge in [-0.1, -0.05) is 6.07 Å². The Hall–Kier alpha value is -1.58. The molecular weight excluding hydrogens is 156 g/mol. The van der Waals surface area contributed by atoms with Crippen LogP contribution in [0.25, 0.3) is 0 Å². The van der Waals surface area contributed by atoms with Crippen LogP contribution in [-0.4, -0.2) is 10.1 Å². The first-order valence-corrected chi connectivity index (χ1v) is 3.56. The summed E-state index contributed by atoms with van der Waals surface area (Å²) in [6.07, 6.45) is 0. The number of aryl methyl sites for hydroxylation is 1. The van der Waals surface area contributed by atoms with Crippen molar-refractivity contribution in [3.63, 3.8) is 0 Å². The molecule has 0 amide bonds. The average molecular weight is 167 g/mol. The third-order valence-corrected chi connectivity index (χ3v) is 1.91. The average Bonchev–Trinajstić information content (AvgIpc) is 2.00. The zero-order valence-corrected chi connectivity index (χ0v) is 7.03. The predicted octanol–water partition coefficient (Wildman–Crippen LogP) is 1.69. The highest BCUT2D eigenvalue weighted by Gasteiger charge is 2.17. The highest BCUT2D eigenvalue weighted by atomic mass is 16.6. The standard InChI is InChI=1S/C8H11N2O2/c1-5-3-4-7(10(11)12)6(2)8(5)9/h3-4H,9H2,1-2H3,(H,11,12)/q+1. The fourth-order valence-corrected chi connectivity index (χ4v) is 1.06. The molecule has 4 heteroatoms. The van der Waals surface area contributed by atoms with Gasteiger partial charge in [0.15, 0.2) is 0 Å². The molecule has 0 spiro atoms. The number of rotatable bonds is 1. The van der Waals surface area contributed by atoms with Crippen molar-refractivity contribution >= 4 is 11.4 Å². The van der Waals surface area contributed by atoms with E-state index in [2.05, 4.69) is 0 Å². The first-order chi connectivity index (χ1) is 5.54. The minimum absolute atomic E-state index is 0.175. The number of nitrogens with zero attached hydrogens (tertiary/aromatic N) is 1. The molecule has 0 aromatic heterocycles. The Morgan fingerprint density at radius 3 is 2.50 bits per heavy atom. The zero-order valence-electron chi connectivity index (χ0n) is 7.03. The molecule has 0 saturated carbocycles. The Morgan fingerprint density at radius 2 is 2.00 bits per heavy atom. The molecule has 1 rings (SSSR count). The lowest BCUT2D eigenvalue weighted by atomic mass is 10.1. The lowest BCUT2D eigenvalue weighted by molar-refractivity contribution is -0.730. The Kier molecular flexibility index (Phi) is 1.99. The number of hydrogen-bond donors (Lipinski definition) is 2. The fraction of sp³-hybridized carbons (Fsp3) is 0.250. The number of hydrogen-bond acceptors (Lipinski definition) is 2. The van der Waals surface area contributed by atoms with Gasteiger partial charge in [0, 0.05) is 11.8 Å². The van der Waals surface area contributed by atoms with Crippen molar-refractivity contribution in [3.8, 4) is 0 Å². The van der Waals surface area contributed by atoms with Gasteiger partial charge in [-0.2, -0.15) is 0 Å². The summed E-state index contributed by atoms with van der Waals surface area (Å²) in [6.45, 7) is 3.54. The summed E-state index contributed by atoms with van der Waals surface area (Å²) >= 11 is 0. The molecule has 0 unspecified atom stereocenters. The van der Waals surface area contributed by atoms with Crippen LogP contribution in [-0.2, 0) is 0 Å². The van der Waals surface area contributed by atoms with Gasteiger partial charge >= 0.3 is 5.69 Å². The summed E-state index contributed by atoms with van der Waals surface area (Å²) in [7, 11) is 0. The Bertz CT molecular complexity index is 334. The van der Waals surface area contributed by atoms with Crippen molar-refractivity contribution in [1.29, 1.82) is 0 Å². The molecule has 4 nitrogen and oxygen atoms in total. The number of benzene rings is 1. The number of anilines is 1. The van der Waals surface area contributed by atoms with Gasteiger partial charge in [0.2, 0.25) is 0 Å². The maximum absolute atomic E-state index is 10.5. The second-order valence-corrected chi connectivity index (χ2v) is 2.71. The van der Waals surface area contributed by atoms with Gasteiger partial charge in [-0.3, -0.25) is 0 Å². The Labute approximate surface area is 70.2 Å². The van der Waals surface area contributed by atoms with Gasteiger partial charge in [0.1, 0.15) is 0 Å². The molecule has 12 heavy (non-hydrogen) atoms. The highest BCUT2D eigenvalue weighted by Crippen LogP contribution is 2.25. The highest BCUT2D eigenvalue weighted by molar-refractivity contribution is 5.61. The van der Waals surface area contributed by atoms with Gasteiger partial charge in [0.25, 0.3) is 4.92 Å². The molecule has 64 valence electrons. The van der Waals surface area contributed by atoms with E-state index >= 15 is 0 Å². The summed E-state index contributed by atoms with van der Waals surface area (Å²) in [5.74, 6) is 0. The van der Waals surface area contributed by atoms with E-state index in [4.69, 9.17) is 10.9 Å². The largest absolute Gasteiger partial charge is 0.398 e. The maximum atomic E-state index is 10.5. The van der Waals surface area contributed by atoms with E-state index < -0.39 is 0 Å². The third kappa shape index (κ3) is 1.23. The van der Waals surface area contributed by atoms with Crippen molar-refractivity contribution in [1.82, 2.24) is 0 Å². The van der Waals surface area contributed by atoms with Crippen molar-refractivity contribution in [2.75, 3.05) is 5.73 Å². The molecule has 0 bridgehead atoms. The molecule has 0 aliphatic heterocycles. The van der Waals surface area contributed by atoms with Crippen LogP contribution in [0.1, 0.15) is 11.1 Å². The third-order valence-electron chi connectivity index (χ3n) is 1.91. The Morgan fingerprint density at radius 1 is 1.42 bits per heavy atom. The minimum Gasteiger partial charge on any atom is -0.398 e. The van der Waals surface area contributed by atoms with Gasteiger partial charge in [0.05, 0.1) is 10.5 Å². The summed E-state index contributed by atoms with van der Waals surface area (Å²) in [5.41, 5.74) is 7.89. The van der Waals surface area contributed by atoms with Crippen LogP contribution in [0, 0.1) is 18.8 Å². The van der Waals surface area contributed by atoms with Gasteiger partial charge in [-0.15, -0.1) is 0 Å². The second kappa shape index (κ2) is 2.81. The summed E-state index contributed by atoms with van der Waals surface area (Å²) in [5, 5.41) is 8.64. The minimum atomic E-state index is -0.175. The number of nitrogen functional groups attached to an aromatic ring is 1. The summed E-state index contributed by atoms with van der Waals surface area (Å²) < 4.78 is 0. The summed E-state index contributed by atoms with van der Waals surface area (Å²) in [4.78, 5) is 10.4. The molecular formula is C8H11N2O2+. The maximum Gasteiger partial charge on any atom is 0.321 e. The number of nitrogens with two attached hydrogens (primary N) is 1. The van der Waals surface area contributed by atoms with Crippen LogP contribution in [0.4, 0.5) is 11.4 Å². The van der Waals surface area contributed by atoms with Crippen molar-refractivity contribution < 1.29 is 10.1 Å². The lowest BCUT2D eigenvalue weighted by Crippen LogP contribution is -2.00. The lowest BCUT2D eigenvalue weighted by Gasteiger charge is -2.01. The quantitative estimate of drug-likeness (QED) is 0.494. The van der Waals surface area contributed by atoms with Gasteiger partial charge in [-0.25, -0.2) is 5.21 Å². The molecule has 0 radical (unpaired) electrons. The van der Waals surface area contributed by atoms with Gasteiger partial charge in [-0.05, 0) is 19.4 Å². The van der Waals surface area contributed by atoms with Crippen LogP contribution in [0.2, 0.25) is 0 Å². The molecule has 0 aliphatic carbocycles. The van der Waals surface area contributed by atoms with E-state index in [1.165, 1.54) is 6.07 Å². The van der Waals surface area contributed by atoms with E-state index in [0.717, 1.165) is 5.56 Å². The van der Waals surface area contributed by atoms with E-state index in [0.29, 0.717) is 11.3 Å². The van der Waals surface area contributed by atoms with E-state index in [1.54, 1.807) is 13.0 Å². The SMILES string of the molecule is Cc1ccc([N+](=O)O)c(C)c1N. The zero-order chi connectivity index (χ0) is 9.30. The second-order valence-electron chi connectivity index (χ2n) is 2.71. The van der Waals surface area contributed by atoms with Crippen molar-refractivity contribution in [3.05, 3.63) is 28.2 Å². The smallest absolute Gasteiger partial charge is 0.321 e.